The van der Waals surface area contributed by atoms with Crippen LogP contribution in [-0.4, -0.2) is 43.9 Å². The van der Waals surface area contributed by atoms with Crippen LogP contribution in [0.3, 0.4) is 0 Å². The fraction of sp³-hybridized carbons (Fsp3) is 0.400. The third-order valence-corrected chi connectivity index (χ3v) is 2.19. The molecular weight excluding hydrogens is 296 g/mol. The molecule has 0 aliphatic carbocycles. The minimum atomic E-state index is -4.02. The molecule has 0 aliphatic heterocycles. The predicted octanol–water partition coefficient (Wildman–Crippen LogP) is 0.744. The molecule has 0 unspecified atom stereocenters. The van der Waals surface area contributed by atoms with Gasteiger partial charge in [-0.2, -0.15) is 16.8 Å². The van der Waals surface area contributed by atoms with Crippen LogP contribution < -0.4 is 0 Å². The van der Waals surface area contributed by atoms with Crippen molar-refractivity contribution in [3.05, 3.63) is 29.8 Å². The first-order valence-corrected chi connectivity index (χ1v) is 8.28. The third kappa shape index (κ3) is 17.0. The Morgan fingerprint density at radius 3 is 1.47 bits per heavy atom. The monoisotopic (exact) mass is 314 g/mol. The van der Waals surface area contributed by atoms with Crippen molar-refractivity contribution in [1.82, 2.24) is 0 Å². The molecule has 0 heterocycles. The molecule has 0 saturated carbocycles. The van der Waals surface area contributed by atoms with E-state index < -0.39 is 20.2 Å². The van der Waals surface area contributed by atoms with Crippen LogP contribution in [0.4, 0.5) is 0 Å². The van der Waals surface area contributed by atoms with Crippen molar-refractivity contribution in [2.24, 2.45) is 0 Å². The number of benzene rings is 1. The molecule has 1 rings (SSSR count). The lowest BCUT2D eigenvalue weighted by molar-refractivity contribution is 0.318. The number of rotatable bonds is 1. The molecule has 1 aromatic carbocycles. The predicted molar refractivity (Wildman–Crippen MR) is 71.2 cm³/mol. The van der Waals surface area contributed by atoms with Gasteiger partial charge in [0.1, 0.15) is 0 Å². The first-order valence-electron chi connectivity index (χ1n) is 4.99. The lowest BCUT2D eigenvalue weighted by Crippen LogP contribution is -1.96. The van der Waals surface area contributed by atoms with Gasteiger partial charge in [0.25, 0.3) is 20.2 Å². The maximum atomic E-state index is 10.5. The molecule has 0 bridgehead atoms. The molecule has 9 heteroatoms. The summed E-state index contributed by atoms with van der Waals surface area (Å²) in [6.07, 6.45) is 0.715. The van der Waals surface area contributed by atoms with Gasteiger partial charge in [-0.1, -0.05) is 17.7 Å². The minimum absolute atomic E-state index is 0.0666. The zero-order valence-electron chi connectivity index (χ0n) is 10.8. The Labute approximate surface area is 113 Å². The van der Waals surface area contributed by atoms with Gasteiger partial charge in [0, 0.05) is 6.61 Å². The Bertz CT molecular complexity index is 536. The van der Waals surface area contributed by atoms with Crippen molar-refractivity contribution >= 4 is 20.2 Å². The van der Waals surface area contributed by atoms with Crippen LogP contribution in [-0.2, 0) is 20.2 Å². The smallest absolute Gasteiger partial charge is 0.294 e. The second-order valence-corrected chi connectivity index (χ2v) is 6.22. The van der Waals surface area contributed by atoms with Gasteiger partial charge in [0.05, 0.1) is 11.2 Å². The summed E-state index contributed by atoms with van der Waals surface area (Å²) in [7, 11) is -7.69. The van der Waals surface area contributed by atoms with Crippen LogP contribution in [0.5, 0.6) is 0 Å². The largest absolute Gasteiger partial charge is 0.397 e. The molecule has 112 valence electrons. The van der Waals surface area contributed by atoms with Crippen molar-refractivity contribution in [1.29, 1.82) is 0 Å². The van der Waals surface area contributed by atoms with Crippen molar-refractivity contribution in [3.63, 3.8) is 0 Å². The van der Waals surface area contributed by atoms with Crippen LogP contribution in [0.25, 0.3) is 0 Å². The van der Waals surface area contributed by atoms with Gasteiger partial charge >= 0.3 is 0 Å². The van der Waals surface area contributed by atoms with Crippen LogP contribution >= 0.6 is 0 Å². The van der Waals surface area contributed by atoms with Crippen molar-refractivity contribution < 1.29 is 31.0 Å². The molecule has 7 nitrogen and oxygen atoms in total. The Balaban J connectivity index is 0. The lowest BCUT2D eigenvalue weighted by Gasteiger charge is -1.95. The summed E-state index contributed by atoms with van der Waals surface area (Å²) in [5, 5.41) is 7.57. The van der Waals surface area contributed by atoms with Gasteiger partial charge in [0.15, 0.2) is 0 Å². The summed E-state index contributed by atoms with van der Waals surface area (Å²) in [6.45, 7) is 3.77. The van der Waals surface area contributed by atoms with E-state index in [1.165, 1.54) is 12.1 Å². The lowest BCUT2D eigenvalue weighted by atomic mass is 10.2. The average Bonchev–Trinajstić information content (AvgIpc) is 2.15. The van der Waals surface area contributed by atoms with E-state index in [0.717, 1.165) is 5.56 Å². The van der Waals surface area contributed by atoms with Gasteiger partial charge in [-0.3, -0.25) is 9.11 Å². The maximum absolute atomic E-state index is 10.5. The average molecular weight is 314 g/mol. The summed E-state index contributed by atoms with van der Waals surface area (Å²) in [6, 6.07) is 5.99. The van der Waals surface area contributed by atoms with E-state index in [0.29, 0.717) is 6.26 Å². The highest BCUT2D eigenvalue weighted by molar-refractivity contribution is 7.85. The van der Waals surface area contributed by atoms with E-state index in [2.05, 4.69) is 0 Å². The number of aliphatic hydroxyl groups excluding tert-OH is 1. The first-order chi connectivity index (χ1) is 8.41. The molecular formula is C10H18O7S2. The normalized spacial score (nSPS) is 10.6. The van der Waals surface area contributed by atoms with E-state index in [4.69, 9.17) is 14.2 Å². The van der Waals surface area contributed by atoms with Crippen molar-refractivity contribution in [2.45, 2.75) is 18.7 Å². The molecule has 0 aliphatic rings. The van der Waals surface area contributed by atoms with E-state index in [1.807, 2.05) is 6.92 Å². The molecule has 0 atom stereocenters. The van der Waals surface area contributed by atoms with E-state index >= 15 is 0 Å². The van der Waals surface area contributed by atoms with Gasteiger partial charge in [-0.05, 0) is 26.0 Å². The fourth-order valence-electron chi connectivity index (χ4n) is 0.710. The number of hydrogen-bond acceptors (Lipinski definition) is 5. The molecule has 0 radical (unpaired) electrons. The Morgan fingerprint density at radius 1 is 1.00 bits per heavy atom. The summed E-state index contributed by atoms with van der Waals surface area (Å²) in [5.41, 5.74) is 0.956. The summed E-state index contributed by atoms with van der Waals surface area (Å²) in [5.74, 6) is 0. The highest BCUT2D eigenvalue weighted by atomic mass is 32.2. The number of aryl methyl sites for hydroxylation is 1. The Morgan fingerprint density at radius 2 is 1.26 bits per heavy atom. The fourth-order valence-corrected chi connectivity index (χ4v) is 1.19. The number of hydrogen-bond donors (Lipinski definition) is 3. The zero-order chi connectivity index (χ0) is 15.7. The molecule has 3 N–H and O–H groups in total. The second kappa shape index (κ2) is 8.99. The molecule has 0 amide bonds. The topological polar surface area (TPSA) is 129 Å². The third-order valence-electron chi connectivity index (χ3n) is 1.32. The highest BCUT2D eigenvalue weighted by Gasteiger charge is 2.06. The Hall–Kier alpha value is -1.00. The van der Waals surface area contributed by atoms with Crippen LogP contribution in [0.15, 0.2) is 29.2 Å². The highest BCUT2D eigenvalue weighted by Crippen LogP contribution is 2.08. The standard InChI is InChI=1S/C7H8O3S.C2H6O.CH4O3S/c1-6-2-4-7(5-3-6)11(8,9)10;1-2-3;1-5(2,3)4/h2-5H,1H3,(H,8,9,10);3H,2H2,1H3;1H3,(H,2,3,4). The second-order valence-electron chi connectivity index (χ2n) is 3.34. The van der Waals surface area contributed by atoms with E-state index in [1.54, 1.807) is 19.1 Å². The molecule has 1 aromatic rings. The van der Waals surface area contributed by atoms with E-state index in [-0.39, 0.29) is 11.5 Å². The SMILES string of the molecule is CCO.CS(=O)(=O)O.Cc1ccc(S(=O)(=O)O)cc1. The zero-order valence-corrected chi connectivity index (χ0v) is 12.4. The van der Waals surface area contributed by atoms with Crippen LogP contribution in [0.2, 0.25) is 0 Å². The molecule has 0 saturated heterocycles. The van der Waals surface area contributed by atoms with Gasteiger partial charge in [-0.15, -0.1) is 0 Å². The summed E-state index contributed by atoms with van der Waals surface area (Å²) >= 11 is 0. The molecule has 0 spiro atoms. The molecule has 19 heavy (non-hydrogen) atoms. The van der Waals surface area contributed by atoms with E-state index in [9.17, 15) is 16.8 Å². The Kier molecular flexibility index (Phi) is 9.62. The maximum Gasteiger partial charge on any atom is 0.294 e. The van der Waals surface area contributed by atoms with Gasteiger partial charge < -0.3 is 5.11 Å². The van der Waals surface area contributed by atoms with Crippen LogP contribution in [0.1, 0.15) is 12.5 Å². The van der Waals surface area contributed by atoms with Crippen LogP contribution in [0, 0.1) is 6.92 Å². The first kappa shape index (κ1) is 20.3. The summed E-state index contributed by atoms with van der Waals surface area (Å²) < 4.78 is 55.4. The van der Waals surface area contributed by atoms with Crippen molar-refractivity contribution in [2.75, 3.05) is 12.9 Å². The molecule has 0 aromatic heterocycles. The minimum Gasteiger partial charge on any atom is -0.397 e. The van der Waals surface area contributed by atoms with Crippen molar-refractivity contribution in [3.8, 4) is 0 Å². The quantitative estimate of drug-likeness (QED) is 0.652. The van der Waals surface area contributed by atoms with Gasteiger partial charge in [0.2, 0.25) is 0 Å². The van der Waals surface area contributed by atoms with Gasteiger partial charge in [-0.25, -0.2) is 0 Å². The molecule has 0 fully saturated rings. The summed E-state index contributed by atoms with van der Waals surface area (Å²) in [4.78, 5) is -0.0666. The number of aliphatic hydroxyl groups is 1.